The maximum absolute atomic E-state index is 12.8. The molecule has 1 heterocycles. The highest BCUT2D eigenvalue weighted by atomic mass is 127. The molecule has 1 amide bonds. The predicted molar refractivity (Wildman–Crippen MR) is 129 cm³/mol. The van der Waals surface area contributed by atoms with Gasteiger partial charge in [-0.25, -0.2) is 0 Å². The molecule has 0 aromatic heterocycles. The Morgan fingerprint density at radius 3 is 2.59 bits per heavy atom. The van der Waals surface area contributed by atoms with Gasteiger partial charge in [0.05, 0.1) is 0 Å². The molecular formula is C23H35IN4O. The van der Waals surface area contributed by atoms with E-state index in [-0.39, 0.29) is 29.9 Å². The number of hydrogen-bond donors (Lipinski definition) is 2. The van der Waals surface area contributed by atoms with E-state index >= 15 is 0 Å². The predicted octanol–water partition coefficient (Wildman–Crippen LogP) is 3.90. The Balaban J connectivity index is 0.00000240. The van der Waals surface area contributed by atoms with Crippen molar-refractivity contribution >= 4 is 35.8 Å². The van der Waals surface area contributed by atoms with Crippen LogP contribution >= 0.6 is 24.0 Å². The number of halogens is 1. The molecule has 0 radical (unpaired) electrons. The molecule has 0 spiro atoms. The SMILES string of the molecule is CCN=C(NC1CCN(C(=O)C2CCCCC2)C1)NC1CC1c1ccccc1.I. The van der Waals surface area contributed by atoms with E-state index < -0.39 is 0 Å². The summed E-state index contributed by atoms with van der Waals surface area (Å²) in [6.45, 7) is 4.52. The first kappa shape index (κ1) is 22.4. The molecule has 1 aliphatic heterocycles. The first-order valence-electron chi connectivity index (χ1n) is 11.2. The quantitative estimate of drug-likeness (QED) is 0.359. The topological polar surface area (TPSA) is 56.7 Å². The molecule has 3 atom stereocenters. The van der Waals surface area contributed by atoms with Gasteiger partial charge in [-0.2, -0.15) is 0 Å². The lowest BCUT2D eigenvalue weighted by Gasteiger charge is -2.26. The fourth-order valence-electron chi connectivity index (χ4n) is 4.77. The molecule has 2 N–H and O–H groups in total. The van der Waals surface area contributed by atoms with Crippen molar-refractivity contribution in [2.45, 2.75) is 69.9 Å². The summed E-state index contributed by atoms with van der Waals surface area (Å²) in [6.07, 6.45) is 8.06. The molecule has 1 aromatic carbocycles. The summed E-state index contributed by atoms with van der Waals surface area (Å²) in [5.74, 6) is 2.14. The standard InChI is InChI=1S/C23H34N4O.HI/c1-2-24-23(26-21-15-20(21)17-9-5-3-6-10-17)25-19-13-14-27(16-19)22(28)18-11-7-4-8-12-18;/h3,5-6,9-10,18-21H,2,4,7-8,11-16H2,1H3,(H2,24,25,26);1H. The molecule has 160 valence electrons. The van der Waals surface area contributed by atoms with E-state index in [1.54, 1.807) is 0 Å². The molecule has 29 heavy (non-hydrogen) atoms. The van der Waals surface area contributed by atoms with Gasteiger partial charge in [-0.1, -0.05) is 49.6 Å². The number of aliphatic imine (C=N–C) groups is 1. The lowest BCUT2D eigenvalue weighted by molar-refractivity contribution is -0.135. The van der Waals surface area contributed by atoms with Crippen molar-refractivity contribution in [2.75, 3.05) is 19.6 Å². The minimum atomic E-state index is 0. The summed E-state index contributed by atoms with van der Waals surface area (Å²) in [6, 6.07) is 11.5. The minimum absolute atomic E-state index is 0. The Bertz CT molecular complexity index is 689. The number of carbonyl (C=O) groups excluding carboxylic acids is 1. The van der Waals surface area contributed by atoms with Crippen LogP contribution in [-0.2, 0) is 4.79 Å². The molecule has 0 bridgehead atoms. The summed E-state index contributed by atoms with van der Waals surface area (Å²) in [5, 5.41) is 7.20. The van der Waals surface area contributed by atoms with Gasteiger partial charge in [0.1, 0.15) is 0 Å². The van der Waals surface area contributed by atoms with Crippen LogP contribution in [-0.4, -0.2) is 48.5 Å². The van der Waals surface area contributed by atoms with Crippen molar-refractivity contribution in [3.8, 4) is 0 Å². The first-order valence-corrected chi connectivity index (χ1v) is 11.2. The lowest BCUT2D eigenvalue weighted by Crippen LogP contribution is -2.46. The van der Waals surface area contributed by atoms with Crippen LogP contribution in [0.2, 0.25) is 0 Å². The van der Waals surface area contributed by atoms with Crippen molar-refractivity contribution in [2.24, 2.45) is 10.9 Å². The molecule has 1 saturated heterocycles. The number of hydrogen-bond acceptors (Lipinski definition) is 2. The van der Waals surface area contributed by atoms with Crippen LogP contribution in [0.4, 0.5) is 0 Å². The zero-order valence-corrected chi connectivity index (χ0v) is 19.8. The number of nitrogens with zero attached hydrogens (tertiary/aromatic N) is 2. The lowest BCUT2D eigenvalue weighted by atomic mass is 9.88. The van der Waals surface area contributed by atoms with Crippen molar-refractivity contribution in [1.29, 1.82) is 0 Å². The average Bonchev–Trinajstić information content (AvgIpc) is 3.35. The van der Waals surface area contributed by atoms with Crippen LogP contribution in [0, 0.1) is 5.92 Å². The molecule has 4 rings (SSSR count). The van der Waals surface area contributed by atoms with E-state index in [2.05, 4.69) is 57.8 Å². The molecule has 3 unspecified atom stereocenters. The van der Waals surface area contributed by atoms with Crippen molar-refractivity contribution in [3.63, 3.8) is 0 Å². The summed E-state index contributed by atoms with van der Waals surface area (Å²) < 4.78 is 0. The number of amides is 1. The van der Waals surface area contributed by atoms with E-state index in [0.717, 1.165) is 51.3 Å². The Kier molecular flexibility index (Phi) is 8.21. The van der Waals surface area contributed by atoms with Gasteiger partial charge in [-0.3, -0.25) is 9.79 Å². The molecule has 2 saturated carbocycles. The highest BCUT2D eigenvalue weighted by Gasteiger charge is 2.39. The average molecular weight is 510 g/mol. The Morgan fingerprint density at radius 2 is 1.86 bits per heavy atom. The van der Waals surface area contributed by atoms with Crippen LogP contribution in [0.25, 0.3) is 0 Å². The summed E-state index contributed by atoms with van der Waals surface area (Å²) in [7, 11) is 0. The van der Waals surface area contributed by atoms with Crippen molar-refractivity contribution in [1.82, 2.24) is 15.5 Å². The van der Waals surface area contributed by atoms with Gasteiger partial charge in [0.15, 0.2) is 5.96 Å². The van der Waals surface area contributed by atoms with E-state index in [1.807, 2.05) is 0 Å². The van der Waals surface area contributed by atoms with E-state index in [0.29, 0.717) is 23.9 Å². The van der Waals surface area contributed by atoms with E-state index in [9.17, 15) is 4.79 Å². The third-order valence-electron chi connectivity index (χ3n) is 6.45. The van der Waals surface area contributed by atoms with E-state index in [4.69, 9.17) is 0 Å². The van der Waals surface area contributed by atoms with E-state index in [1.165, 1.54) is 24.8 Å². The third kappa shape index (κ3) is 5.86. The Hall–Kier alpha value is -1.31. The largest absolute Gasteiger partial charge is 0.353 e. The monoisotopic (exact) mass is 510 g/mol. The maximum atomic E-state index is 12.8. The fourth-order valence-corrected chi connectivity index (χ4v) is 4.77. The van der Waals surface area contributed by atoms with Crippen LogP contribution < -0.4 is 10.6 Å². The Morgan fingerprint density at radius 1 is 1.10 bits per heavy atom. The Labute approximate surface area is 192 Å². The number of nitrogens with one attached hydrogen (secondary N) is 2. The molecular weight excluding hydrogens is 475 g/mol. The molecule has 5 nitrogen and oxygen atoms in total. The third-order valence-corrected chi connectivity index (χ3v) is 6.45. The highest BCUT2D eigenvalue weighted by Crippen LogP contribution is 2.40. The first-order chi connectivity index (χ1) is 13.7. The van der Waals surface area contributed by atoms with Crippen LogP contribution in [0.15, 0.2) is 35.3 Å². The van der Waals surface area contributed by atoms with Gasteiger partial charge in [-0.05, 0) is 38.2 Å². The number of guanidine groups is 1. The van der Waals surface area contributed by atoms with Crippen LogP contribution in [0.5, 0.6) is 0 Å². The van der Waals surface area contributed by atoms with Crippen molar-refractivity contribution < 1.29 is 4.79 Å². The second-order valence-corrected chi connectivity index (χ2v) is 8.58. The molecule has 6 heteroatoms. The van der Waals surface area contributed by atoms with Gasteiger partial charge in [-0.15, -0.1) is 24.0 Å². The summed E-state index contributed by atoms with van der Waals surface area (Å²) in [4.78, 5) is 19.5. The van der Waals surface area contributed by atoms with Gasteiger partial charge in [0.2, 0.25) is 5.91 Å². The van der Waals surface area contributed by atoms with Gasteiger partial charge in [0, 0.05) is 43.6 Å². The van der Waals surface area contributed by atoms with Crippen molar-refractivity contribution in [3.05, 3.63) is 35.9 Å². The van der Waals surface area contributed by atoms with Crippen LogP contribution in [0.1, 0.15) is 63.4 Å². The zero-order valence-electron chi connectivity index (χ0n) is 17.5. The second kappa shape index (κ2) is 10.6. The maximum Gasteiger partial charge on any atom is 0.225 e. The second-order valence-electron chi connectivity index (χ2n) is 8.58. The normalized spacial score (nSPS) is 27.3. The highest BCUT2D eigenvalue weighted by molar-refractivity contribution is 14.0. The number of rotatable bonds is 5. The fraction of sp³-hybridized carbons (Fsp3) is 0.652. The smallest absolute Gasteiger partial charge is 0.225 e. The van der Waals surface area contributed by atoms with Gasteiger partial charge < -0.3 is 15.5 Å². The number of carbonyl (C=O) groups is 1. The minimum Gasteiger partial charge on any atom is -0.353 e. The number of likely N-dealkylation sites (tertiary alicyclic amines) is 1. The molecule has 1 aromatic rings. The van der Waals surface area contributed by atoms with Crippen LogP contribution in [0.3, 0.4) is 0 Å². The summed E-state index contributed by atoms with van der Waals surface area (Å²) >= 11 is 0. The van der Waals surface area contributed by atoms with Gasteiger partial charge in [0.25, 0.3) is 0 Å². The molecule has 3 fully saturated rings. The molecule has 3 aliphatic rings. The van der Waals surface area contributed by atoms with Gasteiger partial charge >= 0.3 is 0 Å². The number of benzene rings is 1. The summed E-state index contributed by atoms with van der Waals surface area (Å²) in [5.41, 5.74) is 1.40. The zero-order chi connectivity index (χ0) is 19.3. The molecule has 2 aliphatic carbocycles.